The van der Waals surface area contributed by atoms with Gasteiger partial charge in [-0.1, -0.05) is 18.2 Å². The number of carbonyl (C=O) groups is 2. The van der Waals surface area contributed by atoms with Gasteiger partial charge in [0, 0.05) is 12.2 Å². The first-order chi connectivity index (χ1) is 15.9. The predicted molar refractivity (Wildman–Crippen MR) is 125 cm³/mol. The van der Waals surface area contributed by atoms with E-state index in [1.54, 1.807) is 79.7 Å². The van der Waals surface area contributed by atoms with Crippen LogP contribution in [0.3, 0.4) is 0 Å². The Bertz CT molecular complexity index is 1120. The maximum Gasteiger partial charge on any atom is 0.257 e. The van der Waals surface area contributed by atoms with Crippen molar-refractivity contribution in [2.75, 3.05) is 38.4 Å². The maximum absolute atomic E-state index is 13.9. The summed E-state index contributed by atoms with van der Waals surface area (Å²) in [5.74, 6) is -0.246. The number of rotatable bonds is 9. The molecule has 0 saturated heterocycles. The van der Waals surface area contributed by atoms with Crippen molar-refractivity contribution in [1.29, 1.82) is 0 Å². The zero-order valence-corrected chi connectivity index (χ0v) is 18.7. The van der Waals surface area contributed by atoms with Crippen LogP contribution in [0.25, 0.3) is 0 Å². The summed E-state index contributed by atoms with van der Waals surface area (Å²) in [7, 11) is 4.73. The molecule has 0 spiro atoms. The van der Waals surface area contributed by atoms with Gasteiger partial charge in [-0.05, 0) is 61.1 Å². The summed E-state index contributed by atoms with van der Waals surface area (Å²) < 4.78 is 23.9. The number of hydrogen-bond acceptors (Lipinski definition) is 5. The highest BCUT2D eigenvalue weighted by Crippen LogP contribution is 2.20. The van der Waals surface area contributed by atoms with Gasteiger partial charge in [-0.3, -0.25) is 14.5 Å². The van der Waals surface area contributed by atoms with Gasteiger partial charge < -0.3 is 20.1 Å². The van der Waals surface area contributed by atoms with Gasteiger partial charge >= 0.3 is 0 Å². The first-order valence-electron chi connectivity index (χ1n) is 10.2. The summed E-state index contributed by atoms with van der Waals surface area (Å²) in [5, 5.41) is 5.60. The largest absolute Gasteiger partial charge is 0.497 e. The molecule has 0 radical (unpaired) electrons. The van der Waals surface area contributed by atoms with Gasteiger partial charge in [-0.25, -0.2) is 4.39 Å². The Hall–Kier alpha value is -3.91. The third kappa shape index (κ3) is 6.54. The number of para-hydroxylation sites is 1. The van der Waals surface area contributed by atoms with Crippen LogP contribution in [0.15, 0.2) is 66.7 Å². The summed E-state index contributed by atoms with van der Waals surface area (Å²) in [6.07, 6.45) is 0. The molecule has 0 aliphatic heterocycles. The van der Waals surface area contributed by atoms with Crippen LogP contribution in [0, 0.1) is 5.82 Å². The van der Waals surface area contributed by atoms with Crippen molar-refractivity contribution in [3.63, 3.8) is 0 Å². The molecule has 172 valence electrons. The van der Waals surface area contributed by atoms with Gasteiger partial charge in [0.25, 0.3) is 5.91 Å². The molecule has 2 amide bonds. The van der Waals surface area contributed by atoms with Crippen molar-refractivity contribution in [1.82, 2.24) is 4.90 Å². The van der Waals surface area contributed by atoms with Gasteiger partial charge in [-0.15, -0.1) is 0 Å². The average Bonchev–Trinajstić information content (AvgIpc) is 2.80. The number of likely N-dealkylation sites (N-methyl/N-ethyl adjacent to an activating group) is 1. The predicted octanol–water partition coefficient (Wildman–Crippen LogP) is 4.17. The average molecular weight is 451 g/mol. The number of hydrogen-bond donors (Lipinski definition) is 2. The summed E-state index contributed by atoms with van der Waals surface area (Å²) in [4.78, 5) is 27.1. The van der Waals surface area contributed by atoms with Crippen LogP contribution in [0.2, 0.25) is 0 Å². The first kappa shape index (κ1) is 23.7. The number of anilines is 2. The van der Waals surface area contributed by atoms with E-state index in [9.17, 15) is 14.0 Å². The highest BCUT2D eigenvalue weighted by Gasteiger charge is 2.15. The van der Waals surface area contributed by atoms with Crippen LogP contribution in [0.1, 0.15) is 15.9 Å². The monoisotopic (exact) mass is 451 g/mol. The smallest absolute Gasteiger partial charge is 0.257 e. The Morgan fingerprint density at radius 2 is 1.67 bits per heavy atom. The fourth-order valence-electron chi connectivity index (χ4n) is 3.27. The quantitative estimate of drug-likeness (QED) is 0.511. The van der Waals surface area contributed by atoms with E-state index in [0.29, 0.717) is 34.8 Å². The van der Waals surface area contributed by atoms with Crippen molar-refractivity contribution in [3.8, 4) is 11.5 Å². The normalized spacial score (nSPS) is 10.6. The zero-order chi connectivity index (χ0) is 23.8. The minimum atomic E-state index is -0.454. The number of halogens is 1. The molecule has 0 bridgehead atoms. The van der Waals surface area contributed by atoms with E-state index in [2.05, 4.69) is 10.6 Å². The zero-order valence-electron chi connectivity index (χ0n) is 18.7. The van der Waals surface area contributed by atoms with Gasteiger partial charge in [0.2, 0.25) is 5.91 Å². The lowest BCUT2D eigenvalue weighted by atomic mass is 10.1. The molecule has 33 heavy (non-hydrogen) atoms. The summed E-state index contributed by atoms with van der Waals surface area (Å²) >= 11 is 0. The Balaban J connectivity index is 1.61. The molecule has 2 N–H and O–H groups in total. The Morgan fingerprint density at radius 1 is 0.939 bits per heavy atom. The SMILES string of the molecule is COc1ccc(NC(=O)c2ccccc2NC(=O)CN(C)Cc2ccc(OC)c(F)c2)cc1. The topological polar surface area (TPSA) is 79.9 Å². The fourth-order valence-corrected chi connectivity index (χ4v) is 3.27. The molecule has 3 aromatic rings. The molecule has 0 atom stereocenters. The molecule has 3 aromatic carbocycles. The molecule has 0 unspecified atom stereocenters. The van der Waals surface area contributed by atoms with E-state index in [0.717, 1.165) is 0 Å². The number of methoxy groups -OCH3 is 2. The number of amides is 2. The van der Waals surface area contributed by atoms with Gasteiger partial charge in [-0.2, -0.15) is 0 Å². The van der Waals surface area contributed by atoms with Gasteiger partial charge in [0.1, 0.15) is 5.75 Å². The number of nitrogens with zero attached hydrogens (tertiary/aromatic N) is 1. The minimum Gasteiger partial charge on any atom is -0.497 e. The molecular formula is C25H26FN3O4. The highest BCUT2D eigenvalue weighted by molar-refractivity contribution is 6.10. The van der Waals surface area contributed by atoms with E-state index in [-0.39, 0.29) is 24.1 Å². The van der Waals surface area contributed by atoms with Gasteiger partial charge in [0.15, 0.2) is 11.6 Å². The maximum atomic E-state index is 13.9. The Kier molecular flexibility index (Phi) is 7.99. The van der Waals surface area contributed by atoms with E-state index in [4.69, 9.17) is 9.47 Å². The van der Waals surface area contributed by atoms with Crippen LogP contribution in [0.4, 0.5) is 15.8 Å². The van der Waals surface area contributed by atoms with Crippen LogP contribution in [0.5, 0.6) is 11.5 Å². The molecule has 0 heterocycles. The van der Waals surface area contributed by atoms with E-state index < -0.39 is 5.82 Å². The lowest BCUT2D eigenvalue weighted by Gasteiger charge is -2.18. The van der Waals surface area contributed by atoms with Crippen molar-refractivity contribution < 1.29 is 23.5 Å². The Morgan fingerprint density at radius 3 is 2.33 bits per heavy atom. The molecule has 0 saturated carbocycles. The number of nitrogens with one attached hydrogen (secondary N) is 2. The van der Waals surface area contributed by atoms with E-state index >= 15 is 0 Å². The summed E-state index contributed by atoms with van der Waals surface area (Å²) in [5.41, 5.74) is 2.05. The lowest BCUT2D eigenvalue weighted by Crippen LogP contribution is -2.30. The molecule has 0 aromatic heterocycles. The number of benzene rings is 3. The standard InChI is InChI=1S/C25H26FN3O4/c1-29(15-17-8-13-23(33-3)21(26)14-17)16-24(30)28-22-7-5-4-6-20(22)25(31)27-18-9-11-19(32-2)12-10-18/h4-14H,15-16H2,1-3H3,(H,27,31)(H,28,30). The Labute approximate surface area is 192 Å². The third-order valence-electron chi connectivity index (χ3n) is 4.88. The van der Waals surface area contributed by atoms with Gasteiger partial charge in [0.05, 0.1) is 32.0 Å². The van der Waals surface area contributed by atoms with Crippen LogP contribution >= 0.6 is 0 Å². The minimum absolute atomic E-state index is 0.0576. The molecule has 0 fully saturated rings. The molecule has 7 nitrogen and oxygen atoms in total. The van der Waals surface area contributed by atoms with Crippen molar-refractivity contribution >= 4 is 23.2 Å². The first-order valence-corrected chi connectivity index (χ1v) is 10.2. The molecule has 0 aliphatic rings. The molecule has 3 rings (SSSR count). The second kappa shape index (κ2) is 11.1. The van der Waals surface area contributed by atoms with E-state index in [1.807, 2.05) is 0 Å². The highest BCUT2D eigenvalue weighted by atomic mass is 19.1. The fraction of sp³-hybridized carbons (Fsp3) is 0.200. The third-order valence-corrected chi connectivity index (χ3v) is 4.88. The second-order valence-corrected chi connectivity index (χ2v) is 7.42. The van der Waals surface area contributed by atoms with Crippen LogP contribution in [-0.4, -0.2) is 44.5 Å². The van der Waals surface area contributed by atoms with Crippen molar-refractivity contribution in [2.24, 2.45) is 0 Å². The lowest BCUT2D eigenvalue weighted by molar-refractivity contribution is -0.117. The van der Waals surface area contributed by atoms with Crippen LogP contribution < -0.4 is 20.1 Å². The second-order valence-electron chi connectivity index (χ2n) is 7.42. The summed E-state index contributed by atoms with van der Waals surface area (Å²) in [6, 6.07) is 18.4. The molecule has 0 aliphatic carbocycles. The molecule has 8 heteroatoms. The van der Waals surface area contributed by atoms with E-state index in [1.165, 1.54) is 13.2 Å². The van der Waals surface area contributed by atoms with Crippen molar-refractivity contribution in [2.45, 2.75) is 6.54 Å². The number of carbonyl (C=O) groups excluding carboxylic acids is 2. The van der Waals surface area contributed by atoms with Crippen LogP contribution in [-0.2, 0) is 11.3 Å². The van der Waals surface area contributed by atoms with Crippen molar-refractivity contribution in [3.05, 3.63) is 83.7 Å². The summed E-state index contributed by atoms with van der Waals surface area (Å²) in [6.45, 7) is 0.427. The molecular weight excluding hydrogens is 425 g/mol. The number of ether oxygens (including phenoxy) is 2.